The van der Waals surface area contributed by atoms with Gasteiger partial charge in [0.05, 0.1) is 13.7 Å². The van der Waals surface area contributed by atoms with Crippen LogP contribution in [0.2, 0.25) is 0 Å². The number of ether oxygens (including phenoxy) is 2. The Morgan fingerprint density at radius 3 is 2.35 bits per heavy atom. The topological polar surface area (TPSA) is 73.6 Å². The summed E-state index contributed by atoms with van der Waals surface area (Å²) in [5.74, 6) is 0.290. The zero-order valence-corrected chi connectivity index (χ0v) is 10.3. The summed E-state index contributed by atoms with van der Waals surface area (Å²) in [5, 5.41) is 3.05. The van der Waals surface area contributed by atoms with Crippen LogP contribution in [-0.4, -0.2) is 32.3 Å². The zero-order valence-electron chi connectivity index (χ0n) is 10.3. The van der Waals surface area contributed by atoms with Gasteiger partial charge in [0, 0.05) is 12.8 Å². The van der Waals surface area contributed by atoms with Crippen LogP contribution in [0.25, 0.3) is 0 Å². The van der Waals surface area contributed by atoms with E-state index in [-0.39, 0.29) is 6.61 Å². The first-order valence-electron chi connectivity index (χ1n) is 5.23. The predicted octanol–water partition coefficient (Wildman–Crippen LogP) is 0.997. The summed E-state index contributed by atoms with van der Waals surface area (Å²) in [4.78, 5) is 11.4. The highest BCUT2D eigenvalue weighted by molar-refractivity contribution is 5.87. The van der Waals surface area contributed by atoms with Gasteiger partial charge in [0.1, 0.15) is 11.3 Å². The Hall–Kier alpha value is -1.75. The van der Waals surface area contributed by atoms with Crippen molar-refractivity contribution in [1.29, 1.82) is 0 Å². The fourth-order valence-corrected chi connectivity index (χ4v) is 1.45. The standard InChI is InChI=1S/C12H18N2O3/c1-12(8-16-2,11(13)15)14-9-4-6-10(17-3)7-5-9/h4-7,14H,8H2,1-3H3,(H2,13,15). The van der Waals surface area contributed by atoms with Crippen LogP contribution in [0.5, 0.6) is 5.75 Å². The average Bonchev–Trinajstić information content (AvgIpc) is 2.30. The van der Waals surface area contributed by atoms with Crippen molar-refractivity contribution in [3.05, 3.63) is 24.3 Å². The second kappa shape index (κ2) is 5.54. The Morgan fingerprint density at radius 1 is 1.35 bits per heavy atom. The summed E-state index contributed by atoms with van der Waals surface area (Å²) < 4.78 is 10.0. The quantitative estimate of drug-likeness (QED) is 0.775. The molecule has 0 aliphatic carbocycles. The van der Waals surface area contributed by atoms with Crippen LogP contribution >= 0.6 is 0 Å². The van der Waals surface area contributed by atoms with Crippen molar-refractivity contribution in [2.45, 2.75) is 12.5 Å². The van der Waals surface area contributed by atoms with Crippen molar-refractivity contribution in [2.24, 2.45) is 5.73 Å². The lowest BCUT2D eigenvalue weighted by Crippen LogP contribution is -2.51. The highest BCUT2D eigenvalue weighted by Crippen LogP contribution is 2.19. The Labute approximate surface area is 101 Å². The van der Waals surface area contributed by atoms with E-state index < -0.39 is 11.4 Å². The van der Waals surface area contributed by atoms with E-state index in [1.807, 2.05) is 12.1 Å². The predicted molar refractivity (Wildman–Crippen MR) is 66.1 cm³/mol. The van der Waals surface area contributed by atoms with Crippen molar-refractivity contribution in [3.8, 4) is 5.75 Å². The fraction of sp³-hybridized carbons (Fsp3) is 0.417. The molecular formula is C12H18N2O3. The van der Waals surface area contributed by atoms with Crippen molar-refractivity contribution in [3.63, 3.8) is 0 Å². The Kier molecular flexibility index (Phi) is 4.34. The minimum absolute atomic E-state index is 0.203. The zero-order chi connectivity index (χ0) is 12.9. The molecule has 0 saturated carbocycles. The molecule has 1 aromatic carbocycles. The van der Waals surface area contributed by atoms with Gasteiger partial charge >= 0.3 is 0 Å². The molecule has 5 heteroatoms. The summed E-state index contributed by atoms with van der Waals surface area (Å²) in [6, 6.07) is 7.23. The third-order valence-corrected chi connectivity index (χ3v) is 2.49. The number of hydrogen-bond acceptors (Lipinski definition) is 4. The fourth-order valence-electron chi connectivity index (χ4n) is 1.45. The van der Waals surface area contributed by atoms with Gasteiger partial charge in [0.15, 0.2) is 0 Å². The third kappa shape index (κ3) is 3.35. The first-order valence-corrected chi connectivity index (χ1v) is 5.23. The van der Waals surface area contributed by atoms with Gasteiger partial charge in [-0.25, -0.2) is 0 Å². The van der Waals surface area contributed by atoms with Gasteiger partial charge < -0.3 is 20.5 Å². The summed E-state index contributed by atoms with van der Waals surface area (Å²) in [7, 11) is 3.12. The minimum Gasteiger partial charge on any atom is -0.497 e. The van der Waals surface area contributed by atoms with Crippen LogP contribution in [0, 0.1) is 0 Å². The third-order valence-electron chi connectivity index (χ3n) is 2.49. The monoisotopic (exact) mass is 238 g/mol. The van der Waals surface area contributed by atoms with E-state index in [1.165, 1.54) is 7.11 Å². The molecule has 1 atom stereocenters. The van der Waals surface area contributed by atoms with E-state index in [2.05, 4.69) is 5.32 Å². The summed E-state index contributed by atoms with van der Waals surface area (Å²) in [6.45, 7) is 1.90. The van der Waals surface area contributed by atoms with E-state index in [0.717, 1.165) is 11.4 Å². The molecule has 17 heavy (non-hydrogen) atoms. The first-order chi connectivity index (χ1) is 8.01. The number of rotatable bonds is 6. The van der Waals surface area contributed by atoms with Crippen molar-refractivity contribution >= 4 is 11.6 Å². The second-order valence-corrected chi connectivity index (χ2v) is 3.98. The molecule has 94 valence electrons. The Morgan fingerprint density at radius 2 is 1.94 bits per heavy atom. The van der Waals surface area contributed by atoms with Gasteiger partial charge in [-0.3, -0.25) is 4.79 Å². The lowest BCUT2D eigenvalue weighted by molar-refractivity contribution is -0.123. The largest absolute Gasteiger partial charge is 0.497 e. The molecule has 0 fully saturated rings. The molecule has 0 heterocycles. The molecule has 1 rings (SSSR count). The number of carbonyl (C=O) groups excluding carboxylic acids is 1. The second-order valence-electron chi connectivity index (χ2n) is 3.98. The molecule has 0 saturated heterocycles. The van der Waals surface area contributed by atoms with Crippen LogP contribution in [0.1, 0.15) is 6.92 Å². The van der Waals surface area contributed by atoms with Gasteiger partial charge in [-0.15, -0.1) is 0 Å². The summed E-state index contributed by atoms with van der Waals surface area (Å²) in [6.07, 6.45) is 0. The number of nitrogens with two attached hydrogens (primary N) is 1. The number of primary amides is 1. The van der Waals surface area contributed by atoms with Crippen LogP contribution in [0.4, 0.5) is 5.69 Å². The molecular weight excluding hydrogens is 220 g/mol. The number of carbonyl (C=O) groups is 1. The maximum absolute atomic E-state index is 11.4. The number of anilines is 1. The van der Waals surface area contributed by atoms with Gasteiger partial charge in [0.2, 0.25) is 5.91 Å². The van der Waals surface area contributed by atoms with Gasteiger partial charge in [0.25, 0.3) is 0 Å². The molecule has 1 amide bonds. The van der Waals surface area contributed by atoms with E-state index in [0.29, 0.717) is 0 Å². The van der Waals surface area contributed by atoms with Gasteiger partial charge in [-0.2, -0.15) is 0 Å². The van der Waals surface area contributed by atoms with E-state index in [4.69, 9.17) is 15.2 Å². The van der Waals surface area contributed by atoms with E-state index in [9.17, 15) is 4.79 Å². The number of nitrogens with one attached hydrogen (secondary N) is 1. The van der Waals surface area contributed by atoms with Crippen molar-refractivity contribution < 1.29 is 14.3 Å². The minimum atomic E-state index is -0.927. The first kappa shape index (κ1) is 13.3. The molecule has 0 spiro atoms. The van der Waals surface area contributed by atoms with Crippen LogP contribution in [-0.2, 0) is 9.53 Å². The normalized spacial score (nSPS) is 13.8. The average molecular weight is 238 g/mol. The molecule has 5 nitrogen and oxygen atoms in total. The molecule has 0 bridgehead atoms. The van der Waals surface area contributed by atoms with E-state index >= 15 is 0 Å². The van der Waals surface area contributed by atoms with E-state index in [1.54, 1.807) is 26.2 Å². The molecule has 0 aliphatic heterocycles. The molecule has 0 aliphatic rings. The number of methoxy groups -OCH3 is 2. The van der Waals surface area contributed by atoms with Gasteiger partial charge in [-0.05, 0) is 31.2 Å². The maximum atomic E-state index is 11.4. The lowest BCUT2D eigenvalue weighted by Gasteiger charge is -2.27. The molecule has 0 radical (unpaired) electrons. The van der Waals surface area contributed by atoms with Crippen molar-refractivity contribution in [1.82, 2.24) is 0 Å². The summed E-state index contributed by atoms with van der Waals surface area (Å²) >= 11 is 0. The SMILES string of the molecule is COCC(C)(Nc1ccc(OC)cc1)C(N)=O. The van der Waals surface area contributed by atoms with Crippen molar-refractivity contribution in [2.75, 3.05) is 26.1 Å². The van der Waals surface area contributed by atoms with Crippen LogP contribution in [0.15, 0.2) is 24.3 Å². The highest BCUT2D eigenvalue weighted by Gasteiger charge is 2.30. The smallest absolute Gasteiger partial charge is 0.245 e. The maximum Gasteiger partial charge on any atom is 0.245 e. The molecule has 1 aromatic rings. The number of benzene rings is 1. The number of hydrogen-bond donors (Lipinski definition) is 2. The van der Waals surface area contributed by atoms with Gasteiger partial charge in [-0.1, -0.05) is 0 Å². The number of amides is 1. The molecule has 0 aromatic heterocycles. The Bertz CT molecular complexity index is 378. The van der Waals surface area contributed by atoms with Crippen LogP contribution in [0.3, 0.4) is 0 Å². The summed E-state index contributed by atoms with van der Waals surface area (Å²) in [5.41, 5.74) is 5.21. The highest BCUT2D eigenvalue weighted by atomic mass is 16.5. The lowest BCUT2D eigenvalue weighted by atomic mass is 10.0. The molecule has 3 N–H and O–H groups in total. The van der Waals surface area contributed by atoms with Crippen LogP contribution < -0.4 is 15.8 Å². The molecule has 1 unspecified atom stereocenters. The Balaban J connectivity index is 2.82.